The maximum atomic E-state index is 13.1. The van der Waals surface area contributed by atoms with Crippen LogP contribution in [0.3, 0.4) is 0 Å². The van der Waals surface area contributed by atoms with Crippen molar-refractivity contribution in [1.29, 1.82) is 0 Å². The third kappa shape index (κ3) is 6.51. The second-order valence-corrected chi connectivity index (χ2v) is 9.32. The van der Waals surface area contributed by atoms with Crippen molar-refractivity contribution >= 4 is 74.7 Å². The summed E-state index contributed by atoms with van der Waals surface area (Å²) in [4.78, 5) is 62.7. The second-order valence-electron chi connectivity index (χ2n) is 8.03. The van der Waals surface area contributed by atoms with E-state index in [0.29, 0.717) is 26.5 Å². The van der Waals surface area contributed by atoms with Gasteiger partial charge in [0, 0.05) is 10.7 Å². The highest BCUT2D eigenvalue weighted by molar-refractivity contribution is 9.10. The van der Waals surface area contributed by atoms with E-state index in [4.69, 9.17) is 16.3 Å². The normalized spacial score (nSPS) is 14.2. The number of halogens is 2. The van der Waals surface area contributed by atoms with Crippen molar-refractivity contribution in [2.45, 2.75) is 0 Å². The molecule has 10 nitrogen and oxygen atoms in total. The van der Waals surface area contributed by atoms with Crippen LogP contribution in [-0.4, -0.2) is 43.4 Å². The molecule has 198 valence electrons. The molecule has 0 radical (unpaired) electrons. The first-order valence-corrected chi connectivity index (χ1v) is 12.4. The highest BCUT2D eigenvalue weighted by Crippen LogP contribution is 2.28. The topological polar surface area (TPSA) is 131 Å². The quantitative estimate of drug-likeness (QED) is 0.227. The molecule has 12 heteroatoms. The van der Waals surface area contributed by atoms with Crippen LogP contribution in [0, 0.1) is 0 Å². The fourth-order valence-corrected chi connectivity index (χ4v) is 4.16. The number of imide groups is 2. The van der Waals surface area contributed by atoms with Crippen molar-refractivity contribution in [2.24, 2.45) is 0 Å². The molecule has 5 amide bonds. The third-order valence-corrected chi connectivity index (χ3v) is 6.27. The van der Waals surface area contributed by atoms with Crippen LogP contribution < -0.4 is 20.3 Å². The molecule has 0 unspecified atom stereocenters. The lowest BCUT2D eigenvalue weighted by molar-refractivity contribution is -0.122. The van der Waals surface area contributed by atoms with E-state index in [1.807, 2.05) is 0 Å². The average Bonchev–Trinajstić information content (AvgIpc) is 2.91. The summed E-state index contributed by atoms with van der Waals surface area (Å²) in [6.07, 6.45) is 1.32. The number of nitrogens with zero attached hydrogens (tertiary/aromatic N) is 1. The first-order chi connectivity index (χ1) is 18.7. The van der Waals surface area contributed by atoms with Gasteiger partial charge in [-0.2, -0.15) is 0 Å². The third-order valence-electron chi connectivity index (χ3n) is 5.40. The fraction of sp³-hybridized carbons (Fsp3) is 0.0741. The SMILES string of the molecule is COC(=O)c1ccc(N2C(=O)NC(=O)/C(=C\c3ccc(OCC(=O)Nc4ccc(Cl)cc4)c(Br)c3)C2=O)cc1. The summed E-state index contributed by atoms with van der Waals surface area (Å²) in [5.41, 5.74) is 1.12. The van der Waals surface area contributed by atoms with Gasteiger partial charge in [-0.15, -0.1) is 0 Å². The van der Waals surface area contributed by atoms with Crippen LogP contribution >= 0.6 is 27.5 Å². The minimum absolute atomic E-state index is 0.158. The van der Waals surface area contributed by atoms with Crippen LogP contribution in [0.4, 0.5) is 16.2 Å². The van der Waals surface area contributed by atoms with Crippen molar-refractivity contribution in [2.75, 3.05) is 23.9 Å². The number of hydrogen-bond acceptors (Lipinski definition) is 7. The highest BCUT2D eigenvalue weighted by atomic mass is 79.9. The largest absolute Gasteiger partial charge is 0.483 e. The van der Waals surface area contributed by atoms with Crippen molar-refractivity contribution in [3.05, 3.63) is 92.9 Å². The van der Waals surface area contributed by atoms with Crippen LogP contribution in [0.25, 0.3) is 6.08 Å². The Morgan fingerprint density at radius 3 is 2.36 bits per heavy atom. The van der Waals surface area contributed by atoms with Gasteiger partial charge < -0.3 is 14.8 Å². The molecular weight excluding hydrogens is 594 g/mol. The zero-order valence-electron chi connectivity index (χ0n) is 20.2. The number of hydrogen-bond donors (Lipinski definition) is 2. The monoisotopic (exact) mass is 611 g/mol. The van der Waals surface area contributed by atoms with Gasteiger partial charge in [0.2, 0.25) is 0 Å². The number of rotatable bonds is 7. The summed E-state index contributed by atoms with van der Waals surface area (Å²) in [6, 6.07) is 16.0. The van der Waals surface area contributed by atoms with Crippen molar-refractivity contribution < 1.29 is 33.4 Å². The van der Waals surface area contributed by atoms with E-state index in [2.05, 4.69) is 31.3 Å². The molecule has 0 saturated carbocycles. The molecule has 1 fully saturated rings. The van der Waals surface area contributed by atoms with Crippen LogP contribution in [-0.2, 0) is 19.1 Å². The lowest BCUT2D eigenvalue weighted by Gasteiger charge is -2.26. The van der Waals surface area contributed by atoms with E-state index in [9.17, 15) is 24.0 Å². The minimum atomic E-state index is -0.922. The molecule has 1 aliphatic rings. The smallest absolute Gasteiger partial charge is 0.337 e. The summed E-state index contributed by atoms with van der Waals surface area (Å²) in [5.74, 6) is -2.31. The molecule has 3 aromatic carbocycles. The van der Waals surface area contributed by atoms with Gasteiger partial charge in [0.1, 0.15) is 11.3 Å². The number of carbonyl (C=O) groups excluding carboxylic acids is 5. The second kappa shape index (κ2) is 11.9. The van der Waals surface area contributed by atoms with Crippen LogP contribution in [0.15, 0.2) is 76.8 Å². The number of ether oxygens (including phenoxy) is 2. The van der Waals surface area contributed by atoms with E-state index >= 15 is 0 Å². The van der Waals surface area contributed by atoms with E-state index < -0.39 is 23.8 Å². The van der Waals surface area contributed by atoms with E-state index in [1.54, 1.807) is 42.5 Å². The number of benzene rings is 3. The number of carbonyl (C=O) groups is 5. The highest BCUT2D eigenvalue weighted by Gasteiger charge is 2.36. The molecule has 2 N–H and O–H groups in total. The van der Waals surface area contributed by atoms with Gasteiger partial charge in [-0.25, -0.2) is 14.5 Å². The number of nitrogens with one attached hydrogen (secondary N) is 2. The predicted molar refractivity (Wildman–Crippen MR) is 147 cm³/mol. The first kappa shape index (κ1) is 27.6. The Bertz CT molecular complexity index is 1500. The summed E-state index contributed by atoms with van der Waals surface area (Å²) >= 11 is 9.20. The number of methoxy groups -OCH3 is 1. The molecule has 0 aromatic heterocycles. The van der Waals surface area contributed by atoms with Crippen molar-refractivity contribution in [1.82, 2.24) is 5.32 Å². The van der Waals surface area contributed by atoms with E-state index in [-0.39, 0.29) is 29.3 Å². The number of esters is 1. The summed E-state index contributed by atoms with van der Waals surface area (Å²) < 4.78 is 10.7. The van der Waals surface area contributed by atoms with Gasteiger partial charge in [-0.3, -0.25) is 19.7 Å². The average molecular weight is 613 g/mol. The maximum Gasteiger partial charge on any atom is 0.337 e. The molecule has 0 aliphatic carbocycles. The van der Waals surface area contributed by atoms with Gasteiger partial charge in [0.25, 0.3) is 17.7 Å². The zero-order valence-corrected chi connectivity index (χ0v) is 22.5. The molecular formula is C27H19BrClN3O7. The molecule has 39 heavy (non-hydrogen) atoms. The van der Waals surface area contributed by atoms with Crippen molar-refractivity contribution in [3.63, 3.8) is 0 Å². The Balaban J connectivity index is 1.47. The maximum absolute atomic E-state index is 13.1. The Labute approximate surface area is 235 Å². The molecule has 1 saturated heterocycles. The molecule has 0 spiro atoms. The van der Waals surface area contributed by atoms with Crippen LogP contribution in [0.2, 0.25) is 5.02 Å². The standard InChI is InChI=1S/C27H19BrClN3O7/c1-38-26(36)16-3-9-19(10-4-16)32-25(35)20(24(34)31-27(32)37)12-15-2-11-22(21(28)13-15)39-14-23(33)30-18-7-5-17(29)6-8-18/h2-13H,14H2,1H3,(H,30,33)(H,31,34,37)/b20-12+. The predicted octanol–water partition coefficient (Wildman–Crippen LogP) is 4.57. The number of amides is 5. The molecule has 3 aromatic rings. The van der Waals surface area contributed by atoms with Gasteiger partial charge in [-0.05, 0) is 88.2 Å². The Morgan fingerprint density at radius 2 is 1.72 bits per heavy atom. The van der Waals surface area contributed by atoms with Gasteiger partial charge in [0.05, 0.1) is 22.8 Å². The lowest BCUT2D eigenvalue weighted by Crippen LogP contribution is -2.54. The molecule has 1 heterocycles. The van der Waals surface area contributed by atoms with Crippen molar-refractivity contribution in [3.8, 4) is 5.75 Å². The van der Waals surface area contributed by atoms with Gasteiger partial charge >= 0.3 is 12.0 Å². The molecule has 0 atom stereocenters. The lowest BCUT2D eigenvalue weighted by atomic mass is 10.1. The van der Waals surface area contributed by atoms with Gasteiger partial charge in [-0.1, -0.05) is 17.7 Å². The number of anilines is 2. The van der Waals surface area contributed by atoms with Crippen LogP contribution in [0.1, 0.15) is 15.9 Å². The Hall–Kier alpha value is -4.48. The van der Waals surface area contributed by atoms with Gasteiger partial charge in [0.15, 0.2) is 6.61 Å². The molecule has 4 rings (SSSR count). The number of barbiturate groups is 1. The fourth-order valence-electron chi connectivity index (χ4n) is 3.52. The molecule has 0 bridgehead atoms. The summed E-state index contributed by atoms with van der Waals surface area (Å²) in [7, 11) is 1.23. The Kier molecular flexibility index (Phi) is 8.43. The minimum Gasteiger partial charge on any atom is -0.483 e. The molecule has 1 aliphatic heterocycles. The van der Waals surface area contributed by atoms with Crippen LogP contribution in [0.5, 0.6) is 5.75 Å². The van der Waals surface area contributed by atoms with E-state index in [0.717, 1.165) is 4.90 Å². The van der Waals surface area contributed by atoms with E-state index in [1.165, 1.54) is 37.5 Å². The first-order valence-electron chi connectivity index (χ1n) is 11.2. The number of urea groups is 1. The summed E-state index contributed by atoms with van der Waals surface area (Å²) in [5, 5.41) is 5.37. The Morgan fingerprint density at radius 1 is 1.03 bits per heavy atom. The zero-order chi connectivity index (χ0) is 28.1. The summed E-state index contributed by atoms with van der Waals surface area (Å²) in [6.45, 7) is -0.269.